The van der Waals surface area contributed by atoms with Gasteiger partial charge in [-0.2, -0.15) is 0 Å². The summed E-state index contributed by atoms with van der Waals surface area (Å²) in [4.78, 5) is 0. The molecule has 118 valence electrons. The van der Waals surface area contributed by atoms with Gasteiger partial charge in [0.15, 0.2) is 0 Å². The van der Waals surface area contributed by atoms with Gasteiger partial charge in [0.2, 0.25) is 0 Å². The van der Waals surface area contributed by atoms with Crippen LogP contribution in [0.15, 0.2) is 24.3 Å². The topological polar surface area (TPSA) is 32.3 Å². The molecule has 0 amide bonds. The molecule has 0 heterocycles. The van der Waals surface area contributed by atoms with E-state index in [-0.39, 0.29) is 5.41 Å². The minimum absolute atomic E-state index is 0.166. The maximum Gasteiger partial charge on any atom is 0.0914 e. The molecular weight excluding hydrogens is 258 g/mol. The first-order valence-corrected chi connectivity index (χ1v) is 8.40. The van der Waals surface area contributed by atoms with Crippen LogP contribution in [-0.2, 0) is 5.41 Å². The van der Waals surface area contributed by atoms with Crippen LogP contribution in [0.3, 0.4) is 0 Å². The zero-order valence-corrected chi connectivity index (χ0v) is 14.0. The van der Waals surface area contributed by atoms with E-state index in [1.807, 2.05) is 0 Å². The summed E-state index contributed by atoms with van der Waals surface area (Å²) in [6.07, 6.45) is 4.83. The fraction of sp³-hybridized carbons (Fsp3) is 0.684. The second kappa shape index (κ2) is 6.93. The van der Waals surface area contributed by atoms with Crippen molar-refractivity contribution >= 4 is 0 Å². The van der Waals surface area contributed by atoms with Gasteiger partial charge >= 0.3 is 0 Å². The zero-order valence-electron chi connectivity index (χ0n) is 14.0. The van der Waals surface area contributed by atoms with Crippen LogP contribution >= 0.6 is 0 Å². The highest BCUT2D eigenvalue weighted by molar-refractivity contribution is 5.28. The van der Waals surface area contributed by atoms with Crippen LogP contribution < -0.4 is 5.32 Å². The minimum atomic E-state index is -0.409. The Hall–Kier alpha value is -0.860. The van der Waals surface area contributed by atoms with E-state index in [9.17, 15) is 5.11 Å². The largest absolute Gasteiger partial charge is 0.387 e. The summed E-state index contributed by atoms with van der Waals surface area (Å²) >= 11 is 0. The number of benzene rings is 1. The average Bonchev–Trinajstić information content (AvgIpc) is 2.45. The summed E-state index contributed by atoms with van der Waals surface area (Å²) in [5.74, 6) is 0.731. The molecular formula is C19H31NO. The predicted octanol–water partition coefficient (Wildman–Crippen LogP) is 4.19. The van der Waals surface area contributed by atoms with E-state index in [4.69, 9.17) is 0 Å². The van der Waals surface area contributed by atoms with E-state index in [0.717, 1.165) is 11.5 Å². The normalized spacial score (nSPS) is 24.8. The van der Waals surface area contributed by atoms with E-state index in [2.05, 4.69) is 57.3 Å². The van der Waals surface area contributed by atoms with Crippen molar-refractivity contribution < 1.29 is 5.11 Å². The van der Waals surface area contributed by atoms with Crippen molar-refractivity contribution in [2.75, 3.05) is 6.54 Å². The molecule has 21 heavy (non-hydrogen) atoms. The van der Waals surface area contributed by atoms with Crippen LogP contribution in [-0.4, -0.2) is 17.7 Å². The molecule has 0 radical (unpaired) electrons. The first kappa shape index (κ1) is 16.5. The van der Waals surface area contributed by atoms with E-state index in [1.165, 1.54) is 31.2 Å². The molecule has 2 heteroatoms. The third kappa shape index (κ3) is 4.55. The molecule has 0 saturated heterocycles. The molecule has 3 unspecified atom stereocenters. The van der Waals surface area contributed by atoms with Crippen LogP contribution in [0.4, 0.5) is 0 Å². The molecule has 1 aliphatic rings. The Bertz CT molecular complexity index is 432. The molecule has 1 aromatic rings. The lowest BCUT2D eigenvalue weighted by atomic mass is 9.85. The Balaban J connectivity index is 1.89. The molecule has 0 aliphatic heterocycles. The van der Waals surface area contributed by atoms with Crippen molar-refractivity contribution in [3.63, 3.8) is 0 Å². The molecule has 3 atom stereocenters. The number of aliphatic hydroxyl groups is 1. The summed E-state index contributed by atoms with van der Waals surface area (Å²) in [5.41, 5.74) is 2.49. The van der Waals surface area contributed by atoms with Crippen LogP contribution in [0, 0.1) is 5.92 Å². The number of aliphatic hydroxyl groups excluding tert-OH is 1. The van der Waals surface area contributed by atoms with Crippen molar-refractivity contribution in [1.82, 2.24) is 5.32 Å². The van der Waals surface area contributed by atoms with Crippen LogP contribution in [0.1, 0.15) is 70.6 Å². The van der Waals surface area contributed by atoms with Gasteiger partial charge in [0.05, 0.1) is 6.10 Å². The molecule has 0 bridgehead atoms. The maximum absolute atomic E-state index is 10.4. The number of hydrogen-bond acceptors (Lipinski definition) is 2. The van der Waals surface area contributed by atoms with Crippen LogP contribution in [0.25, 0.3) is 0 Å². The Kier molecular flexibility index (Phi) is 5.45. The zero-order chi connectivity index (χ0) is 15.5. The summed E-state index contributed by atoms with van der Waals surface area (Å²) in [6.45, 7) is 9.62. The standard InChI is InChI=1S/C19H31NO/c1-14-7-5-6-8-17(14)20-13-18(21)15-9-11-16(12-10-15)19(2,3)4/h9-12,14,17-18,20-21H,5-8,13H2,1-4H3. The molecule has 0 aromatic heterocycles. The van der Waals surface area contributed by atoms with Gasteiger partial charge < -0.3 is 10.4 Å². The Morgan fingerprint density at radius 1 is 1.14 bits per heavy atom. The van der Waals surface area contributed by atoms with Gasteiger partial charge in [-0.05, 0) is 35.3 Å². The SMILES string of the molecule is CC1CCCCC1NCC(O)c1ccc(C(C)(C)C)cc1. The lowest BCUT2D eigenvalue weighted by Crippen LogP contribution is -2.39. The fourth-order valence-corrected chi connectivity index (χ4v) is 3.21. The highest BCUT2D eigenvalue weighted by Crippen LogP contribution is 2.26. The smallest absolute Gasteiger partial charge is 0.0914 e. The fourth-order valence-electron chi connectivity index (χ4n) is 3.21. The molecule has 1 aliphatic carbocycles. The summed E-state index contributed by atoms with van der Waals surface area (Å²) in [7, 11) is 0. The summed E-state index contributed by atoms with van der Waals surface area (Å²) < 4.78 is 0. The van der Waals surface area contributed by atoms with Crippen molar-refractivity contribution in [2.45, 2.75) is 70.9 Å². The predicted molar refractivity (Wildman–Crippen MR) is 89.5 cm³/mol. The summed E-state index contributed by atoms with van der Waals surface area (Å²) in [6, 6.07) is 8.99. The third-order valence-corrected chi connectivity index (χ3v) is 4.85. The summed E-state index contributed by atoms with van der Waals surface area (Å²) in [5, 5.41) is 13.9. The molecule has 2 rings (SSSR count). The van der Waals surface area contributed by atoms with Gasteiger partial charge in [0.25, 0.3) is 0 Å². The van der Waals surface area contributed by atoms with Gasteiger partial charge in [-0.25, -0.2) is 0 Å². The second-order valence-corrected chi connectivity index (χ2v) is 7.66. The molecule has 0 spiro atoms. The Morgan fingerprint density at radius 3 is 2.33 bits per heavy atom. The van der Waals surface area contributed by atoms with Crippen molar-refractivity contribution in [3.05, 3.63) is 35.4 Å². The highest BCUT2D eigenvalue weighted by atomic mass is 16.3. The quantitative estimate of drug-likeness (QED) is 0.871. The number of nitrogens with one attached hydrogen (secondary N) is 1. The van der Waals surface area contributed by atoms with Crippen LogP contribution in [0.2, 0.25) is 0 Å². The van der Waals surface area contributed by atoms with Crippen molar-refractivity contribution in [2.24, 2.45) is 5.92 Å². The minimum Gasteiger partial charge on any atom is -0.387 e. The van der Waals surface area contributed by atoms with E-state index >= 15 is 0 Å². The van der Waals surface area contributed by atoms with E-state index in [0.29, 0.717) is 12.6 Å². The van der Waals surface area contributed by atoms with Gasteiger partial charge in [0.1, 0.15) is 0 Å². The highest BCUT2D eigenvalue weighted by Gasteiger charge is 2.22. The molecule has 1 saturated carbocycles. The Morgan fingerprint density at radius 2 is 1.76 bits per heavy atom. The molecule has 1 fully saturated rings. The van der Waals surface area contributed by atoms with Gasteiger partial charge in [-0.15, -0.1) is 0 Å². The first-order valence-electron chi connectivity index (χ1n) is 8.40. The van der Waals surface area contributed by atoms with Crippen molar-refractivity contribution in [3.8, 4) is 0 Å². The van der Waals surface area contributed by atoms with Crippen molar-refractivity contribution in [1.29, 1.82) is 0 Å². The van der Waals surface area contributed by atoms with Crippen LogP contribution in [0.5, 0.6) is 0 Å². The number of hydrogen-bond donors (Lipinski definition) is 2. The van der Waals surface area contributed by atoms with E-state index in [1.54, 1.807) is 0 Å². The third-order valence-electron chi connectivity index (χ3n) is 4.85. The van der Waals surface area contributed by atoms with Gasteiger partial charge in [-0.3, -0.25) is 0 Å². The van der Waals surface area contributed by atoms with E-state index < -0.39 is 6.10 Å². The monoisotopic (exact) mass is 289 g/mol. The first-order chi connectivity index (χ1) is 9.88. The Labute approximate surface area is 130 Å². The van der Waals surface area contributed by atoms with Gasteiger partial charge in [-0.1, -0.05) is 64.8 Å². The average molecular weight is 289 g/mol. The molecule has 1 aromatic carbocycles. The molecule has 2 N–H and O–H groups in total. The lowest BCUT2D eigenvalue weighted by molar-refractivity contribution is 0.157. The lowest BCUT2D eigenvalue weighted by Gasteiger charge is -2.30. The maximum atomic E-state index is 10.4. The van der Waals surface area contributed by atoms with Gasteiger partial charge in [0, 0.05) is 12.6 Å². The molecule has 2 nitrogen and oxygen atoms in total. The number of rotatable bonds is 4. The second-order valence-electron chi connectivity index (χ2n) is 7.66.